The highest BCUT2D eigenvalue weighted by atomic mass is 79.9. The SMILES string of the molecule is CCc1nnc(NC(=O)CSc2nnc(-c3ccc(Br)o3)n2CC)s1. The first-order valence-corrected chi connectivity index (χ1v) is 10.1. The molecule has 25 heavy (non-hydrogen) atoms. The molecule has 1 N–H and O–H groups in total. The van der Waals surface area contributed by atoms with Crippen molar-refractivity contribution >= 4 is 50.1 Å². The van der Waals surface area contributed by atoms with Crippen LogP contribution in [0.4, 0.5) is 5.13 Å². The third-order valence-electron chi connectivity index (χ3n) is 3.17. The molecule has 0 fully saturated rings. The molecule has 0 saturated carbocycles. The van der Waals surface area contributed by atoms with Gasteiger partial charge in [-0.3, -0.25) is 14.7 Å². The summed E-state index contributed by atoms with van der Waals surface area (Å²) in [5.74, 6) is 1.31. The molecular formula is C14H15BrN6O2S2. The molecule has 0 atom stereocenters. The standard InChI is InChI=1S/C14H15BrN6O2S2/c1-3-11-17-19-13(25-11)16-10(22)7-24-14-20-18-12(21(14)4-2)8-5-6-9(15)23-8/h5-6H,3-4,7H2,1-2H3,(H,16,19,22). The molecule has 11 heteroatoms. The van der Waals surface area contributed by atoms with Crippen LogP contribution in [0.2, 0.25) is 0 Å². The van der Waals surface area contributed by atoms with Crippen LogP contribution in [0.1, 0.15) is 18.9 Å². The van der Waals surface area contributed by atoms with E-state index in [1.54, 1.807) is 6.07 Å². The highest BCUT2D eigenvalue weighted by Crippen LogP contribution is 2.27. The monoisotopic (exact) mass is 442 g/mol. The molecule has 0 spiro atoms. The van der Waals surface area contributed by atoms with Crippen LogP contribution in [-0.4, -0.2) is 36.6 Å². The fourth-order valence-corrected chi connectivity index (χ4v) is 3.83. The maximum absolute atomic E-state index is 12.1. The topological polar surface area (TPSA) is 98.7 Å². The van der Waals surface area contributed by atoms with Crippen molar-refractivity contribution < 1.29 is 9.21 Å². The van der Waals surface area contributed by atoms with E-state index in [1.807, 2.05) is 24.5 Å². The van der Waals surface area contributed by atoms with Gasteiger partial charge in [0.1, 0.15) is 5.01 Å². The lowest BCUT2D eigenvalue weighted by Crippen LogP contribution is -2.14. The fourth-order valence-electron chi connectivity index (χ4n) is 2.03. The molecule has 8 nitrogen and oxygen atoms in total. The summed E-state index contributed by atoms with van der Waals surface area (Å²) in [6, 6.07) is 3.62. The number of furan rings is 1. The van der Waals surface area contributed by atoms with E-state index in [4.69, 9.17) is 4.42 Å². The predicted octanol–water partition coefficient (Wildman–Crippen LogP) is 3.47. The number of carbonyl (C=O) groups is 1. The van der Waals surface area contributed by atoms with Gasteiger partial charge >= 0.3 is 0 Å². The van der Waals surface area contributed by atoms with E-state index in [0.29, 0.717) is 33.1 Å². The molecule has 3 rings (SSSR count). The highest BCUT2D eigenvalue weighted by Gasteiger charge is 2.17. The second-order valence-electron chi connectivity index (χ2n) is 4.85. The third-order valence-corrected chi connectivity index (χ3v) is 5.55. The van der Waals surface area contributed by atoms with Gasteiger partial charge < -0.3 is 4.42 Å². The average Bonchev–Trinajstić information content (AvgIpc) is 3.31. The summed E-state index contributed by atoms with van der Waals surface area (Å²) in [5, 5.41) is 21.1. The number of nitrogens with zero attached hydrogens (tertiary/aromatic N) is 5. The molecule has 0 aromatic carbocycles. The molecule has 0 saturated heterocycles. The molecular weight excluding hydrogens is 428 g/mol. The fraction of sp³-hybridized carbons (Fsp3) is 0.357. The summed E-state index contributed by atoms with van der Waals surface area (Å²) in [5.41, 5.74) is 0. The minimum Gasteiger partial charge on any atom is -0.446 e. The van der Waals surface area contributed by atoms with E-state index in [0.717, 1.165) is 11.4 Å². The average molecular weight is 443 g/mol. The molecule has 0 aliphatic rings. The summed E-state index contributed by atoms with van der Waals surface area (Å²) in [7, 11) is 0. The van der Waals surface area contributed by atoms with Gasteiger partial charge in [0.15, 0.2) is 15.6 Å². The second kappa shape index (κ2) is 8.11. The van der Waals surface area contributed by atoms with Gasteiger partial charge in [-0.15, -0.1) is 20.4 Å². The van der Waals surface area contributed by atoms with Gasteiger partial charge in [-0.2, -0.15) is 0 Å². The molecule has 3 heterocycles. The van der Waals surface area contributed by atoms with E-state index in [9.17, 15) is 4.79 Å². The number of aryl methyl sites for hydroxylation is 1. The molecule has 0 aliphatic heterocycles. The molecule has 3 aromatic rings. The van der Waals surface area contributed by atoms with Crippen LogP contribution >= 0.6 is 39.0 Å². The zero-order chi connectivity index (χ0) is 17.8. The number of hydrogen-bond donors (Lipinski definition) is 1. The van der Waals surface area contributed by atoms with Crippen LogP contribution in [0, 0.1) is 0 Å². The van der Waals surface area contributed by atoms with E-state index < -0.39 is 0 Å². The van der Waals surface area contributed by atoms with Crippen molar-refractivity contribution in [2.24, 2.45) is 0 Å². The Morgan fingerprint density at radius 3 is 2.80 bits per heavy atom. The zero-order valence-corrected chi connectivity index (χ0v) is 16.7. The van der Waals surface area contributed by atoms with Gasteiger partial charge in [-0.05, 0) is 41.4 Å². The summed E-state index contributed by atoms with van der Waals surface area (Å²) in [4.78, 5) is 12.1. The lowest BCUT2D eigenvalue weighted by atomic mass is 10.4. The van der Waals surface area contributed by atoms with Crippen LogP contribution < -0.4 is 5.32 Å². The van der Waals surface area contributed by atoms with Gasteiger partial charge in [0, 0.05) is 6.54 Å². The van der Waals surface area contributed by atoms with Crippen LogP contribution in [-0.2, 0) is 17.8 Å². The van der Waals surface area contributed by atoms with Crippen molar-refractivity contribution in [2.45, 2.75) is 32.0 Å². The van der Waals surface area contributed by atoms with Crippen molar-refractivity contribution in [3.8, 4) is 11.6 Å². The molecule has 0 unspecified atom stereocenters. The molecule has 0 bridgehead atoms. The van der Waals surface area contributed by atoms with Crippen molar-refractivity contribution in [1.82, 2.24) is 25.0 Å². The number of aromatic nitrogens is 5. The zero-order valence-electron chi connectivity index (χ0n) is 13.5. The Labute approximate surface area is 160 Å². The van der Waals surface area contributed by atoms with E-state index in [2.05, 4.69) is 41.6 Å². The van der Waals surface area contributed by atoms with Crippen molar-refractivity contribution in [3.63, 3.8) is 0 Å². The Bertz CT molecular complexity index is 874. The molecule has 0 aliphatic carbocycles. The highest BCUT2D eigenvalue weighted by molar-refractivity contribution is 9.10. The predicted molar refractivity (Wildman–Crippen MR) is 99.7 cm³/mol. The number of thioether (sulfide) groups is 1. The minimum absolute atomic E-state index is 0.156. The van der Waals surface area contributed by atoms with Gasteiger partial charge in [-0.25, -0.2) is 0 Å². The van der Waals surface area contributed by atoms with Gasteiger partial charge in [0.05, 0.1) is 5.75 Å². The van der Waals surface area contributed by atoms with Crippen molar-refractivity contribution in [1.29, 1.82) is 0 Å². The third kappa shape index (κ3) is 4.28. The first-order valence-electron chi connectivity index (χ1n) is 7.54. The Hall–Kier alpha value is -1.72. The first kappa shape index (κ1) is 18.1. The first-order chi connectivity index (χ1) is 12.1. The number of halogens is 1. The van der Waals surface area contributed by atoms with Gasteiger partial charge in [-0.1, -0.05) is 30.0 Å². The lowest BCUT2D eigenvalue weighted by Gasteiger charge is -2.05. The summed E-state index contributed by atoms with van der Waals surface area (Å²) >= 11 is 5.97. The quantitative estimate of drug-likeness (QED) is 0.559. The second-order valence-corrected chi connectivity index (χ2v) is 7.63. The maximum Gasteiger partial charge on any atom is 0.236 e. The van der Waals surface area contributed by atoms with Crippen LogP contribution in [0.25, 0.3) is 11.6 Å². The molecule has 0 radical (unpaired) electrons. The number of carbonyl (C=O) groups excluding carboxylic acids is 1. The van der Waals surface area contributed by atoms with E-state index in [1.165, 1.54) is 23.1 Å². The van der Waals surface area contributed by atoms with E-state index >= 15 is 0 Å². The number of hydrogen-bond acceptors (Lipinski definition) is 8. The van der Waals surface area contributed by atoms with Crippen molar-refractivity contribution in [2.75, 3.05) is 11.1 Å². The summed E-state index contributed by atoms with van der Waals surface area (Å²) in [6.45, 7) is 4.65. The maximum atomic E-state index is 12.1. The van der Waals surface area contributed by atoms with E-state index in [-0.39, 0.29) is 11.7 Å². The Kier molecular flexibility index (Phi) is 5.86. The smallest absolute Gasteiger partial charge is 0.236 e. The van der Waals surface area contributed by atoms with Gasteiger partial charge in [0.2, 0.25) is 16.9 Å². The Morgan fingerprint density at radius 2 is 2.16 bits per heavy atom. The van der Waals surface area contributed by atoms with Crippen LogP contribution in [0.3, 0.4) is 0 Å². The Morgan fingerprint density at radius 1 is 1.32 bits per heavy atom. The molecule has 3 aromatic heterocycles. The van der Waals surface area contributed by atoms with Crippen molar-refractivity contribution in [3.05, 3.63) is 21.8 Å². The number of anilines is 1. The summed E-state index contributed by atoms with van der Waals surface area (Å²) < 4.78 is 8.07. The minimum atomic E-state index is -0.156. The lowest BCUT2D eigenvalue weighted by molar-refractivity contribution is -0.113. The summed E-state index contributed by atoms with van der Waals surface area (Å²) in [6.07, 6.45) is 0.799. The number of amides is 1. The molecule has 132 valence electrons. The normalized spacial score (nSPS) is 11.0. The number of rotatable bonds is 7. The molecule has 1 amide bonds. The largest absolute Gasteiger partial charge is 0.446 e. The number of nitrogens with one attached hydrogen (secondary N) is 1. The van der Waals surface area contributed by atoms with Crippen LogP contribution in [0.5, 0.6) is 0 Å². The van der Waals surface area contributed by atoms with Gasteiger partial charge in [0.25, 0.3) is 0 Å². The Balaban J connectivity index is 1.64. The van der Waals surface area contributed by atoms with Crippen LogP contribution in [0.15, 0.2) is 26.4 Å².